The van der Waals surface area contributed by atoms with Crippen LogP contribution in [0, 0.1) is 6.92 Å². The summed E-state index contributed by atoms with van der Waals surface area (Å²) in [7, 11) is 1.34. The number of aryl methyl sites for hydroxylation is 2. The van der Waals surface area contributed by atoms with Crippen molar-refractivity contribution in [1.29, 1.82) is 0 Å². The molecule has 1 aromatic heterocycles. The summed E-state index contributed by atoms with van der Waals surface area (Å²) >= 11 is 0. The lowest BCUT2D eigenvalue weighted by Gasteiger charge is -2.17. The van der Waals surface area contributed by atoms with Crippen molar-refractivity contribution >= 4 is 22.8 Å². The Balaban J connectivity index is 1.54. The number of carbonyl (C=O) groups is 2. The van der Waals surface area contributed by atoms with Gasteiger partial charge in [-0.15, -0.1) is 0 Å². The quantitative estimate of drug-likeness (QED) is 0.380. The van der Waals surface area contributed by atoms with E-state index in [0.717, 1.165) is 33.3 Å². The molecule has 168 valence electrons. The van der Waals surface area contributed by atoms with Crippen LogP contribution in [0.4, 0.5) is 0 Å². The predicted octanol–water partition coefficient (Wildman–Crippen LogP) is 4.98. The molecule has 3 aromatic carbocycles. The Labute approximate surface area is 193 Å². The fraction of sp³-hybridized carbons (Fsp3) is 0.214. The van der Waals surface area contributed by atoms with Gasteiger partial charge in [0.05, 0.1) is 7.11 Å². The van der Waals surface area contributed by atoms with Gasteiger partial charge >= 0.3 is 5.97 Å². The minimum atomic E-state index is -0.719. The molecule has 4 aromatic rings. The molecule has 0 spiro atoms. The number of H-pyrrole nitrogens is 1. The highest BCUT2D eigenvalue weighted by Gasteiger charge is 2.22. The van der Waals surface area contributed by atoms with Crippen LogP contribution in [0.15, 0.2) is 78.9 Å². The molecule has 0 saturated heterocycles. The SMILES string of the molecule is COC(=O)C(Cc1ccccc1)NC(=O)CCc1c(-c2ccccc2)[nH]c2ccc(C)cc12. The average Bonchev–Trinajstić information content (AvgIpc) is 3.20. The van der Waals surface area contributed by atoms with Crippen molar-refractivity contribution in [3.05, 3.63) is 95.6 Å². The number of methoxy groups -OCH3 is 1. The van der Waals surface area contributed by atoms with Crippen molar-refractivity contribution in [2.45, 2.75) is 32.2 Å². The first-order valence-electron chi connectivity index (χ1n) is 11.1. The highest BCUT2D eigenvalue weighted by Crippen LogP contribution is 2.32. The smallest absolute Gasteiger partial charge is 0.328 e. The highest BCUT2D eigenvalue weighted by molar-refractivity contribution is 5.92. The molecule has 1 atom stereocenters. The molecule has 0 aliphatic heterocycles. The summed E-state index contributed by atoms with van der Waals surface area (Å²) in [5, 5.41) is 3.99. The van der Waals surface area contributed by atoms with Gasteiger partial charge in [0.15, 0.2) is 0 Å². The van der Waals surface area contributed by atoms with E-state index in [1.54, 1.807) is 0 Å². The van der Waals surface area contributed by atoms with Gasteiger partial charge in [-0.25, -0.2) is 4.79 Å². The van der Waals surface area contributed by atoms with E-state index in [9.17, 15) is 9.59 Å². The third-order valence-electron chi connectivity index (χ3n) is 5.83. The van der Waals surface area contributed by atoms with Crippen LogP contribution in [0.25, 0.3) is 22.2 Å². The fourth-order valence-corrected chi connectivity index (χ4v) is 4.16. The minimum Gasteiger partial charge on any atom is -0.467 e. The zero-order valence-corrected chi connectivity index (χ0v) is 18.9. The maximum Gasteiger partial charge on any atom is 0.328 e. The number of fused-ring (bicyclic) bond motifs is 1. The Hall–Kier alpha value is -3.86. The molecule has 1 amide bonds. The van der Waals surface area contributed by atoms with Crippen LogP contribution in [0.3, 0.4) is 0 Å². The summed E-state index contributed by atoms with van der Waals surface area (Å²) in [6, 6.07) is 25.3. The molecule has 5 heteroatoms. The number of carbonyl (C=O) groups excluding carboxylic acids is 2. The maximum absolute atomic E-state index is 12.9. The van der Waals surface area contributed by atoms with E-state index >= 15 is 0 Å². The van der Waals surface area contributed by atoms with Crippen molar-refractivity contribution < 1.29 is 14.3 Å². The molecule has 0 fully saturated rings. The number of benzene rings is 3. The number of hydrogen-bond donors (Lipinski definition) is 2. The van der Waals surface area contributed by atoms with E-state index in [4.69, 9.17) is 4.74 Å². The largest absolute Gasteiger partial charge is 0.467 e. The summed E-state index contributed by atoms with van der Waals surface area (Å²) in [6.07, 6.45) is 1.21. The lowest BCUT2D eigenvalue weighted by atomic mass is 10.00. The molecular weight excluding hydrogens is 412 g/mol. The molecule has 4 rings (SSSR count). The monoisotopic (exact) mass is 440 g/mol. The number of aromatic amines is 1. The minimum absolute atomic E-state index is 0.178. The number of amides is 1. The molecule has 1 unspecified atom stereocenters. The molecule has 0 radical (unpaired) electrons. The van der Waals surface area contributed by atoms with Gasteiger partial charge < -0.3 is 15.0 Å². The number of nitrogens with one attached hydrogen (secondary N) is 2. The Morgan fingerprint density at radius 1 is 0.970 bits per heavy atom. The van der Waals surface area contributed by atoms with Crippen LogP contribution in [-0.4, -0.2) is 30.0 Å². The van der Waals surface area contributed by atoms with Gasteiger partial charge in [0.2, 0.25) is 5.91 Å². The first-order chi connectivity index (χ1) is 16.0. The van der Waals surface area contributed by atoms with Crippen LogP contribution in [0.1, 0.15) is 23.1 Å². The molecule has 0 saturated carbocycles. The molecule has 5 nitrogen and oxygen atoms in total. The first-order valence-corrected chi connectivity index (χ1v) is 11.1. The standard InChI is InChI=1S/C28H28N2O3/c1-19-13-15-24-23(17-19)22(27(30-24)21-11-7-4-8-12-21)14-16-26(31)29-25(28(32)33-2)18-20-9-5-3-6-10-20/h3-13,15,17,25,30H,14,16,18H2,1-2H3,(H,29,31). The number of ether oxygens (including phenoxy) is 1. The normalized spacial score (nSPS) is 11.8. The molecule has 0 aliphatic rings. The third kappa shape index (κ3) is 5.32. The topological polar surface area (TPSA) is 71.2 Å². The number of hydrogen-bond acceptors (Lipinski definition) is 3. The lowest BCUT2D eigenvalue weighted by Crippen LogP contribution is -2.43. The molecule has 2 N–H and O–H groups in total. The second-order valence-corrected chi connectivity index (χ2v) is 8.23. The van der Waals surface area contributed by atoms with Gasteiger partial charge in [-0.1, -0.05) is 72.3 Å². The van der Waals surface area contributed by atoms with Gasteiger partial charge in [-0.3, -0.25) is 4.79 Å². The van der Waals surface area contributed by atoms with Crippen molar-refractivity contribution in [3.63, 3.8) is 0 Å². The van der Waals surface area contributed by atoms with E-state index in [1.165, 1.54) is 12.7 Å². The van der Waals surface area contributed by atoms with E-state index in [1.807, 2.05) is 48.5 Å². The van der Waals surface area contributed by atoms with Crippen molar-refractivity contribution in [2.24, 2.45) is 0 Å². The molecule has 0 bridgehead atoms. The van der Waals surface area contributed by atoms with E-state index in [0.29, 0.717) is 12.8 Å². The maximum atomic E-state index is 12.9. The fourth-order valence-electron chi connectivity index (χ4n) is 4.16. The van der Waals surface area contributed by atoms with Crippen LogP contribution >= 0.6 is 0 Å². The van der Waals surface area contributed by atoms with Crippen LogP contribution in [0.5, 0.6) is 0 Å². The molecule has 1 heterocycles. The van der Waals surface area contributed by atoms with E-state index < -0.39 is 12.0 Å². The van der Waals surface area contributed by atoms with E-state index in [2.05, 4.69) is 47.6 Å². The Bertz CT molecular complexity index is 1250. The van der Waals surface area contributed by atoms with Gasteiger partial charge in [0.1, 0.15) is 6.04 Å². The third-order valence-corrected chi connectivity index (χ3v) is 5.83. The van der Waals surface area contributed by atoms with Crippen LogP contribution in [-0.2, 0) is 27.2 Å². The van der Waals surface area contributed by atoms with Gasteiger partial charge in [-0.05, 0) is 42.2 Å². The average molecular weight is 441 g/mol. The molecule has 33 heavy (non-hydrogen) atoms. The van der Waals surface area contributed by atoms with E-state index in [-0.39, 0.29) is 12.3 Å². The Morgan fingerprint density at radius 2 is 1.67 bits per heavy atom. The summed E-state index contributed by atoms with van der Waals surface area (Å²) in [6.45, 7) is 2.07. The van der Waals surface area contributed by atoms with Gasteiger partial charge in [0, 0.05) is 29.4 Å². The second-order valence-electron chi connectivity index (χ2n) is 8.23. The lowest BCUT2D eigenvalue weighted by molar-refractivity contribution is -0.145. The zero-order valence-electron chi connectivity index (χ0n) is 18.9. The second kappa shape index (κ2) is 10.2. The number of aromatic nitrogens is 1. The van der Waals surface area contributed by atoms with Crippen LogP contribution in [0.2, 0.25) is 0 Å². The summed E-state index contributed by atoms with van der Waals surface area (Å²) in [5.41, 5.74) is 6.39. The van der Waals surface area contributed by atoms with Gasteiger partial charge in [-0.2, -0.15) is 0 Å². The predicted molar refractivity (Wildman–Crippen MR) is 131 cm³/mol. The molecular formula is C28H28N2O3. The summed E-state index contributed by atoms with van der Waals surface area (Å²) in [4.78, 5) is 28.7. The molecule has 0 aliphatic carbocycles. The zero-order chi connectivity index (χ0) is 23.2. The highest BCUT2D eigenvalue weighted by atomic mass is 16.5. The number of esters is 1. The number of rotatable bonds is 8. The van der Waals surface area contributed by atoms with Crippen molar-refractivity contribution in [2.75, 3.05) is 7.11 Å². The Morgan fingerprint density at radius 3 is 2.36 bits per heavy atom. The summed E-state index contributed by atoms with van der Waals surface area (Å²) < 4.78 is 4.92. The van der Waals surface area contributed by atoms with Gasteiger partial charge in [0.25, 0.3) is 0 Å². The van der Waals surface area contributed by atoms with Crippen molar-refractivity contribution in [3.8, 4) is 11.3 Å². The van der Waals surface area contributed by atoms with Crippen LogP contribution < -0.4 is 5.32 Å². The summed E-state index contributed by atoms with van der Waals surface area (Å²) in [5.74, 6) is -0.623. The Kier molecular flexibility index (Phi) is 6.89. The first kappa shape index (κ1) is 22.3. The van der Waals surface area contributed by atoms with Crippen molar-refractivity contribution in [1.82, 2.24) is 10.3 Å².